The van der Waals surface area contributed by atoms with E-state index in [2.05, 4.69) is 25.9 Å². The molecular formula is C14H10BrFN2O. The third kappa shape index (κ3) is 2.21. The Balaban J connectivity index is 2.11. The van der Waals surface area contributed by atoms with Gasteiger partial charge in [0.05, 0.1) is 22.6 Å². The summed E-state index contributed by atoms with van der Waals surface area (Å²) in [7, 11) is 1.62. The maximum Gasteiger partial charge on any atom is 0.138 e. The molecule has 1 aromatic heterocycles. The second kappa shape index (κ2) is 4.66. The maximum atomic E-state index is 13.2. The molecule has 0 atom stereocenters. The normalized spacial score (nSPS) is 10.9. The highest BCUT2D eigenvalue weighted by atomic mass is 79.9. The first-order valence-electron chi connectivity index (χ1n) is 5.66. The van der Waals surface area contributed by atoms with Crippen LogP contribution in [0.4, 0.5) is 4.39 Å². The topological polar surface area (TPSA) is 37.9 Å². The van der Waals surface area contributed by atoms with Crippen molar-refractivity contribution in [3.05, 3.63) is 46.7 Å². The smallest absolute Gasteiger partial charge is 0.138 e. The molecule has 3 nitrogen and oxygen atoms in total. The van der Waals surface area contributed by atoms with Crippen LogP contribution < -0.4 is 4.74 Å². The van der Waals surface area contributed by atoms with Gasteiger partial charge in [-0.2, -0.15) is 0 Å². The average Bonchev–Trinajstić information content (AvgIpc) is 2.84. The van der Waals surface area contributed by atoms with Crippen LogP contribution in [0.5, 0.6) is 5.75 Å². The van der Waals surface area contributed by atoms with Crippen molar-refractivity contribution in [3.63, 3.8) is 0 Å². The first-order chi connectivity index (χ1) is 9.17. The number of imidazole rings is 1. The van der Waals surface area contributed by atoms with Gasteiger partial charge < -0.3 is 9.72 Å². The lowest BCUT2D eigenvalue weighted by Crippen LogP contribution is -1.83. The van der Waals surface area contributed by atoms with Gasteiger partial charge in [-0.05, 0) is 46.3 Å². The zero-order valence-corrected chi connectivity index (χ0v) is 11.7. The molecule has 5 heteroatoms. The number of hydrogen-bond acceptors (Lipinski definition) is 2. The number of methoxy groups -OCH3 is 1. The fraction of sp³-hybridized carbons (Fsp3) is 0.0714. The molecule has 3 rings (SSSR count). The van der Waals surface area contributed by atoms with Crippen LogP contribution in [0.2, 0.25) is 0 Å². The number of aromatic amines is 1. The highest BCUT2D eigenvalue weighted by Crippen LogP contribution is 2.26. The summed E-state index contributed by atoms with van der Waals surface area (Å²) < 4.78 is 18.8. The fourth-order valence-electron chi connectivity index (χ4n) is 1.90. The fourth-order valence-corrected chi connectivity index (χ4v) is 2.27. The van der Waals surface area contributed by atoms with E-state index < -0.39 is 0 Å². The van der Waals surface area contributed by atoms with Crippen molar-refractivity contribution in [2.75, 3.05) is 7.11 Å². The molecule has 0 radical (unpaired) electrons. The third-order valence-electron chi connectivity index (χ3n) is 2.88. The van der Waals surface area contributed by atoms with Crippen LogP contribution in [0.3, 0.4) is 0 Å². The minimum atomic E-state index is -0.290. The number of hydrogen-bond donors (Lipinski definition) is 1. The maximum absolute atomic E-state index is 13.2. The van der Waals surface area contributed by atoms with Crippen molar-refractivity contribution in [1.82, 2.24) is 9.97 Å². The van der Waals surface area contributed by atoms with E-state index >= 15 is 0 Å². The minimum absolute atomic E-state index is 0.290. The van der Waals surface area contributed by atoms with E-state index in [1.54, 1.807) is 19.2 Å². The Labute approximate surface area is 117 Å². The predicted octanol–water partition coefficient (Wildman–Crippen LogP) is 4.14. The van der Waals surface area contributed by atoms with Gasteiger partial charge in [0.15, 0.2) is 0 Å². The number of benzene rings is 2. The molecule has 0 saturated carbocycles. The van der Waals surface area contributed by atoms with E-state index in [0.29, 0.717) is 10.3 Å². The molecule has 96 valence electrons. The number of nitrogens with zero attached hydrogens (tertiary/aromatic N) is 1. The van der Waals surface area contributed by atoms with Gasteiger partial charge >= 0.3 is 0 Å². The number of aromatic nitrogens is 2. The number of rotatable bonds is 2. The molecule has 2 aromatic carbocycles. The highest BCUT2D eigenvalue weighted by Gasteiger charge is 2.08. The largest absolute Gasteiger partial charge is 0.497 e. The lowest BCUT2D eigenvalue weighted by Gasteiger charge is -1.98. The lowest BCUT2D eigenvalue weighted by atomic mass is 10.2. The second-order valence-corrected chi connectivity index (χ2v) is 4.95. The molecule has 0 amide bonds. The van der Waals surface area contributed by atoms with Crippen molar-refractivity contribution in [1.29, 1.82) is 0 Å². The summed E-state index contributed by atoms with van der Waals surface area (Å²) in [5.41, 5.74) is 2.55. The van der Waals surface area contributed by atoms with Crippen LogP contribution in [0.15, 0.2) is 40.9 Å². The molecule has 0 aliphatic rings. The number of ether oxygens (including phenoxy) is 1. The Bertz CT molecular complexity index is 754. The van der Waals surface area contributed by atoms with Gasteiger partial charge in [0.1, 0.15) is 17.4 Å². The quantitative estimate of drug-likeness (QED) is 0.770. The van der Waals surface area contributed by atoms with E-state index in [4.69, 9.17) is 4.74 Å². The summed E-state index contributed by atoms with van der Waals surface area (Å²) >= 11 is 3.17. The van der Waals surface area contributed by atoms with E-state index in [1.807, 2.05) is 18.2 Å². The van der Waals surface area contributed by atoms with Crippen LogP contribution in [-0.4, -0.2) is 17.1 Å². The first-order valence-corrected chi connectivity index (χ1v) is 6.46. The molecule has 1 heterocycles. The summed E-state index contributed by atoms with van der Waals surface area (Å²) in [6.07, 6.45) is 0. The second-order valence-electron chi connectivity index (χ2n) is 4.10. The molecule has 1 N–H and O–H groups in total. The molecule has 0 fully saturated rings. The lowest BCUT2D eigenvalue weighted by molar-refractivity contribution is 0.415. The Hall–Kier alpha value is -1.88. The van der Waals surface area contributed by atoms with Crippen LogP contribution in [-0.2, 0) is 0 Å². The molecule has 0 saturated heterocycles. The van der Waals surface area contributed by atoms with Gasteiger partial charge in [0.25, 0.3) is 0 Å². The molecule has 0 aliphatic heterocycles. The molecule has 3 aromatic rings. The highest BCUT2D eigenvalue weighted by molar-refractivity contribution is 9.10. The van der Waals surface area contributed by atoms with Crippen LogP contribution in [0.25, 0.3) is 22.4 Å². The van der Waals surface area contributed by atoms with E-state index in [-0.39, 0.29) is 5.82 Å². The molecule has 0 unspecified atom stereocenters. The molecule has 0 bridgehead atoms. The average molecular weight is 321 g/mol. The van der Waals surface area contributed by atoms with Crippen molar-refractivity contribution in [2.45, 2.75) is 0 Å². The number of fused-ring (bicyclic) bond motifs is 1. The summed E-state index contributed by atoms with van der Waals surface area (Å²) in [4.78, 5) is 7.67. The molecule has 0 aliphatic carbocycles. The Morgan fingerprint density at radius 1 is 1.21 bits per heavy atom. The molecule has 0 spiro atoms. The Kier molecular flexibility index (Phi) is 2.98. The first kappa shape index (κ1) is 12.2. The Morgan fingerprint density at radius 3 is 2.79 bits per heavy atom. The molecular weight excluding hydrogens is 311 g/mol. The number of halogens is 2. The summed E-state index contributed by atoms with van der Waals surface area (Å²) in [5, 5.41) is 0. The standard InChI is InChI=1S/C14H10BrFN2O/c1-19-9-3-5-12-13(7-9)18-14(17-12)8-2-4-11(16)10(15)6-8/h2-7H,1H3,(H,17,18). The zero-order chi connectivity index (χ0) is 13.4. The van der Waals surface area contributed by atoms with E-state index in [9.17, 15) is 4.39 Å². The van der Waals surface area contributed by atoms with Crippen molar-refractivity contribution in [2.24, 2.45) is 0 Å². The van der Waals surface area contributed by atoms with Crippen molar-refractivity contribution >= 4 is 27.0 Å². The van der Waals surface area contributed by atoms with Gasteiger partial charge in [-0.15, -0.1) is 0 Å². The van der Waals surface area contributed by atoms with Crippen LogP contribution in [0.1, 0.15) is 0 Å². The third-order valence-corrected chi connectivity index (χ3v) is 3.49. The van der Waals surface area contributed by atoms with E-state index in [1.165, 1.54) is 6.07 Å². The summed E-state index contributed by atoms with van der Waals surface area (Å²) in [6.45, 7) is 0. The van der Waals surface area contributed by atoms with E-state index in [0.717, 1.165) is 22.3 Å². The summed E-state index contributed by atoms with van der Waals surface area (Å²) in [6, 6.07) is 10.4. The molecule has 19 heavy (non-hydrogen) atoms. The van der Waals surface area contributed by atoms with Crippen molar-refractivity contribution in [3.8, 4) is 17.1 Å². The predicted molar refractivity (Wildman–Crippen MR) is 75.7 cm³/mol. The van der Waals surface area contributed by atoms with Crippen LogP contribution >= 0.6 is 15.9 Å². The van der Waals surface area contributed by atoms with Crippen molar-refractivity contribution < 1.29 is 9.13 Å². The van der Waals surface area contributed by atoms with Crippen LogP contribution in [0, 0.1) is 5.82 Å². The van der Waals surface area contributed by atoms with Gasteiger partial charge in [-0.25, -0.2) is 9.37 Å². The van der Waals surface area contributed by atoms with Gasteiger partial charge in [0, 0.05) is 11.6 Å². The van der Waals surface area contributed by atoms with Gasteiger partial charge in [0.2, 0.25) is 0 Å². The summed E-state index contributed by atoms with van der Waals surface area (Å²) in [5.74, 6) is 1.17. The minimum Gasteiger partial charge on any atom is -0.497 e. The number of H-pyrrole nitrogens is 1. The van der Waals surface area contributed by atoms with Gasteiger partial charge in [-0.3, -0.25) is 0 Å². The SMILES string of the molecule is COc1ccc2nc(-c3ccc(F)c(Br)c3)[nH]c2c1. The monoisotopic (exact) mass is 320 g/mol. The Morgan fingerprint density at radius 2 is 2.05 bits per heavy atom. The number of nitrogens with one attached hydrogen (secondary N) is 1. The van der Waals surface area contributed by atoms with Gasteiger partial charge in [-0.1, -0.05) is 0 Å². The zero-order valence-electron chi connectivity index (χ0n) is 10.1.